The van der Waals surface area contributed by atoms with Crippen LogP contribution in [0.15, 0.2) is 24.3 Å². The smallest absolute Gasteiger partial charge is 0.414 e. The minimum atomic E-state index is -0.438. The number of benzene rings is 1. The number of carbonyl (C=O) groups is 2. The number of amides is 2. The number of piperazine rings is 1. The standard InChI is InChI=1S/C18H28N3O4/c1-5-21(4)12-10-20(11-13-21)17(22)14-24-15-6-8-16(9-7-15)25-18(23)19(2)3/h6-9H,5,10-14H2,1-4H3/q+1. The second-order valence-electron chi connectivity index (χ2n) is 6.79. The van der Waals surface area contributed by atoms with Gasteiger partial charge in [0.15, 0.2) is 6.61 Å². The minimum Gasteiger partial charge on any atom is -0.484 e. The van der Waals surface area contributed by atoms with Gasteiger partial charge in [0.05, 0.1) is 39.8 Å². The Morgan fingerprint density at radius 3 is 2.20 bits per heavy atom. The van der Waals surface area contributed by atoms with Crippen LogP contribution in [0.5, 0.6) is 11.5 Å². The predicted molar refractivity (Wildman–Crippen MR) is 94.7 cm³/mol. The van der Waals surface area contributed by atoms with Gasteiger partial charge in [0.2, 0.25) is 0 Å². The largest absolute Gasteiger partial charge is 0.484 e. The zero-order valence-corrected chi connectivity index (χ0v) is 15.5. The number of likely N-dealkylation sites (N-methyl/N-ethyl adjacent to an activating group) is 1. The molecule has 0 aromatic heterocycles. The molecule has 0 aliphatic carbocycles. The van der Waals surface area contributed by atoms with Gasteiger partial charge in [-0.3, -0.25) is 4.79 Å². The maximum absolute atomic E-state index is 12.3. The summed E-state index contributed by atoms with van der Waals surface area (Å²) in [5, 5.41) is 0. The van der Waals surface area contributed by atoms with Crippen molar-refractivity contribution >= 4 is 12.0 Å². The Balaban J connectivity index is 1.79. The van der Waals surface area contributed by atoms with Crippen LogP contribution in [0.25, 0.3) is 0 Å². The molecule has 1 aliphatic heterocycles. The van der Waals surface area contributed by atoms with Crippen molar-refractivity contribution in [2.75, 3.05) is 60.5 Å². The molecule has 0 unspecified atom stereocenters. The summed E-state index contributed by atoms with van der Waals surface area (Å²) < 4.78 is 11.7. The second-order valence-corrected chi connectivity index (χ2v) is 6.79. The molecule has 7 heteroatoms. The SMILES string of the molecule is CC[N+]1(C)CCN(C(=O)COc2ccc(OC(=O)N(C)C)cc2)CC1. The van der Waals surface area contributed by atoms with Crippen molar-refractivity contribution < 1.29 is 23.5 Å². The molecule has 0 radical (unpaired) electrons. The molecule has 0 spiro atoms. The first-order valence-electron chi connectivity index (χ1n) is 8.56. The predicted octanol–water partition coefficient (Wildman–Crippen LogP) is 1.43. The fourth-order valence-corrected chi connectivity index (χ4v) is 2.55. The van der Waals surface area contributed by atoms with E-state index in [0.717, 1.165) is 37.2 Å². The third kappa shape index (κ3) is 5.35. The average molecular weight is 350 g/mol. The summed E-state index contributed by atoms with van der Waals surface area (Å²) in [6.07, 6.45) is -0.438. The molecule has 1 aromatic carbocycles. The highest BCUT2D eigenvalue weighted by atomic mass is 16.6. The molecule has 0 N–H and O–H groups in total. The van der Waals surface area contributed by atoms with E-state index in [4.69, 9.17) is 9.47 Å². The molecular weight excluding hydrogens is 322 g/mol. The second kappa shape index (κ2) is 8.20. The van der Waals surface area contributed by atoms with Crippen molar-refractivity contribution in [2.24, 2.45) is 0 Å². The number of carbonyl (C=O) groups excluding carboxylic acids is 2. The zero-order chi connectivity index (χ0) is 18.4. The van der Waals surface area contributed by atoms with Crippen LogP contribution in [-0.2, 0) is 4.79 Å². The van der Waals surface area contributed by atoms with E-state index < -0.39 is 6.09 Å². The molecule has 0 bridgehead atoms. The van der Waals surface area contributed by atoms with E-state index in [1.54, 1.807) is 38.4 Å². The summed E-state index contributed by atoms with van der Waals surface area (Å²) in [5.41, 5.74) is 0. The first-order valence-corrected chi connectivity index (χ1v) is 8.56. The van der Waals surface area contributed by atoms with Crippen molar-refractivity contribution in [2.45, 2.75) is 6.92 Å². The zero-order valence-electron chi connectivity index (χ0n) is 15.5. The van der Waals surface area contributed by atoms with E-state index in [2.05, 4.69) is 14.0 Å². The summed E-state index contributed by atoms with van der Waals surface area (Å²) in [4.78, 5) is 27.0. The van der Waals surface area contributed by atoms with Crippen LogP contribution < -0.4 is 9.47 Å². The lowest BCUT2D eigenvalue weighted by atomic mass is 10.2. The summed E-state index contributed by atoms with van der Waals surface area (Å²) in [6, 6.07) is 6.66. The fraction of sp³-hybridized carbons (Fsp3) is 0.556. The van der Waals surface area contributed by atoms with E-state index in [-0.39, 0.29) is 12.5 Å². The van der Waals surface area contributed by atoms with Crippen molar-refractivity contribution in [1.82, 2.24) is 9.80 Å². The van der Waals surface area contributed by atoms with Gasteiger partial charge in [-0.2, -0.15) is 0 Å². The number of quaternary nitrogens is 1. The summed E-state index contributed by atoms with van der Waals surface area (Å²) in [7, 11) is 5.46. The molecule has 7 nitrogen and oxygen atoms in total. The van der Waals surface area contributed by atoms with Crippen molar-refractivity contribution in [3.8, 4) is 11.5 Å². The van der Waals surface area contributed by atoms with Crippen LogP contribution in [0.1, 0.15) is 6.92 Å². The Kier molecular flexibility index (Phi) is 6.25. The van der Waals surface area contributed by atoms with E-state index in [9.17, 15) is 9.59 Å². The Morgan fingerprint density at radius 1 is 1.12 bits per heavy atom. The third-order valence-electron chi connectivity index (χ3n) is 4.69. The fourth-order valence-electron chi connectivity index (χ4n) is 2.55. The summed E-state index contributed by atoms with van der Waals surface area (Å²) >= 11 is 0. The van der Waals surface area contributed by atoms with Gasteiger partial charge in [0.1, 0.15) is 11.5 Å². The number of hydrogen-bond donors (Lipinski definition) is 0. The van der Waals surface area contributed by atoms with Crippen molar-refractivity contribution in [3.05, 3.63) is 24.3 Å². The molecule has 138 valence electrons. The van der Waals surface area contributed by atoms with E-state index in [0.29, 0.717) is 11.5 Å². The Bertz CT molecular complexity index is 593. The molecule has 1 aromatic rings. The topological polar surface area (TPSA) is 59.1 Å². The molecule has 1 fully saturated rings. The highest BCUT2D eigenvalue weighted by Gasteiger charge is 2.29. The van der Waals surface area contributed by atoms with E-state index in [1.807, 2.05) is 4.90 Å². The van der Waals surface area contributed by atoms with Crippen LogP contribution in [0, 0.1) is 0 Å². The molecule has 0 saturated carbocycles. The van der Waals surface area contributed by atoms with Crippen molar-refractivity contribution in [3.63, 3.8) is 0 Å². The van der Waals surface area contributed by atoms with Crippen molar-refractivity contribution in [1.29, 1.82) is 0 Å². The monoisotopic (exact) mass is 350 g/mol. The Hall–Kier alpha value is -2.28. The van der Waals surface area contributed by atoms with Crippen LogP contribution in [0.2, 0.25) is 0 Å². The van der Waals surface area contributed by atoms with Gasteiger partial charge in [-0.15, -0.1) is 0 Å². The van der Waals surface area contributed by atoms with Crippen LogP contribution >= 0.6 is 0 Å². The molecule has 1 heterocycles. The lowest BCUT2D eigenvalue weighted by molar-refractivity contribution is -0.911. The first kappa shape index (κ1) is 19.1. The van der Waals surface area contributed by atoms with E-state index in [1.165, 1.54) is 4.90 Å². The maximum Gasteiger partial charge on any atom is 0.414 e. The number of rotatable bonds is 5. The third-order valence-corrected chi connectivity index (χ3v) is 4.69. The first-order chi connectivity index (χ1) is 11.8. The van der Waals surface area contributed by atoms with Crippen LogP contribution in [0.4, 0.5) is 4.79 Å². The molecule has 1 aliphatic rings. The van der Waals surface area contributed by atoms with Gasteiger partial charge >= 0.3 is 6.09 Å². The molecule has 2 rings (SSSR count). The minimum absolute atomic E-state index is 0.00506. The van der Waals surface area contributed by atoms with Gasteiger partial charge in [-0.05, 0) is 31.2 Å². The number of nitrogens with zero attached hydrogens (tertiary/aromatic N) is 3. The number of ether oxygens (including phenoxy) is 2. The Morgan fingerprint density at radius 2 is 1.68 bits per heavy atom. The van der Waals surface area contributed by atoms with Crippen LogP contribution in [0.3, 0.4) is 0 Å². The normalized spacial score (nSPS) is 16.2. The molecule has 2 amide bonds. The average Bonchev–Trinajstić information content (AvgIpc) is 2.61. The lowest BCUT2D eigenvalue weighted by Gasteiger charge is -2.41. The molecule has 1 saturated heterocycles. The quantitative estimate of drug-likeness (QED) is 0.754. The Labute approximate surface area is 149 Å². The maximum atomic E-state index is 12.3. The summed E-state index contributed by atoms with van der Waals surface area (Å²) in [5.74, 6) is 1.01. The van der Waals surface area contributed by atoms with E-state index >= 15 is 0 Å². The van der Waals surface area contributed by atoms with Gasteiger partial charge in [0.25, 0.3) is 5.91 Å². The lowest BCUT2D eigenvalue weighted by Crippen LogP contribution is -2.58. The van der Waals surface area contributed by atoms with Gasteiger partial charge in [0, 0.05) is 14.1 Å². The molecule has 0 atom stereocenters. The highest BCUT2D eigenvalue weighted by molar-refractivity contribution is 5.77. The molecular formula is C18H28N3O4+. The number of hydrogen-bond acceptors (Lipinski definition) is 4. The van der Waals surface area contributed by atoms with Gasteiger partial charge in [-0.25, -0.2) is 4.79 Å². The highest BCUT2D eigenvalue weighted by Crippen LogP contribution is 2.18. The summed E-state index contributed by atoms with van der Waals surface area (Å²) in [6.45, 7) is 6.79. The van der Waals surface area contributed by atoms with Crippen LogP contribution in [-0.4, -0.2) is 86.8 Å². The van der Waals surface area contributed by atoms with Gasteiger partial charge in [-0.1, -0.05) is 0 Å². The van der Waals surface area contributed by atoms with Gasteiger partial charge < -0.3 is 23.8 Å². The molecule has 25 heavy (non-hydrogen) atoms.